The fraction of sp³-hybridized carbons (Fsp3) is 0.833. The molecule has 0 radical (unpaired) electrons. The quantitative estimate of drug-likeness (QED) is 0.720. The Kier molecular flexibility index (Phi) is 6.67. The fourth-order valence-corrected chi connectivity index (χ4v) is 1.85. The van der Waals surface area contributed by atoms with Crippen molar-refractivity contribution in [2.45, 2.75) is 32.3 Å². The normalized spacial score (nSPS) is 16.5. The van der Waals surface area contributed by atoms with Crippen LogP contribution in [0.15, 0.2) is 0 Å². The highest BCUT2D eigenvalue weighted by atomic mass is 16.5. The molecule has 1 aliphatic heterocycles. The first-order chi connectivity index (χ1) is 8.63. The van der Waals surface area contributed by atoms with Gasteiger partial charge < -0.3 is 19.5 Å². The molecule has 0 aromatic heterocycles. The molecule has 1 amide bonds. The van der Waals surface area contributed by atoms with Gasteiger partial charge in [0.25, 0.3) is 0 Å². The second-order valence-corrected chi connectivity index (χ2v) is 4.23. The Bertz CT molecular complexity index is 276. The first-order valence-electron chi connectivity index (χ1n) is 6.32. The third-order valence-electron chi connectivity index (χ3n) is 2.90. The molecule has 1 N–H and O–H groups in total. The standard InChI is InChI=1S/C12H21NO5/c1-2-13(9-12(15)16)11(14)5-8-18-10-3-6-17-7-4-10/h10H,2-9H2,1H3,(H,15,16). The summed E-state index contributed by atoms with van der Waals surface area (Å²) >= 11 is 0. The van der Waals surface area contributed by atoms with Crippen LogP contribution < -0.4 is 0 Å². The van der Waals surface area contributed by atoms with Crippen molar-refractivity contribution >= 4 is 11.9 Å². The number of carboxylic acids is 1. The molecule has 0 aromatic carbocycles. The molecule has 6 nitrogen and oxygen atoms in total. The average Bonchev–Trinajstić information content (AvgIpc) is 2.36. The molecule has 18 heavy (non-hydrogen) atoms. The van der Waals surface area contributed by atoms with E-state index in [0.29, 0.717) is 26.4 Å². The van der Waals surface area contributed by atoms with Crippen LogP contribution in [0.25, 0.3) is 0 Å². The fourth-order valence-electron chi connectivity index (χ4n) is 1.85. The molecular weight excluding hydrogens is 238 g/mol. The molecule has 1 heterocycles. The summed E-state index contributed by atoms with van der Waals surface area (Å²) in [5.41, 5.74) is 0. The zero-order chi connectivity index (χ0) is 13.4. The van der Waals surface area contributed by atoms with Crippen LogP contribution in [-0.4, -0.2) is 60.9 Å². The van der Waals surface area contributed by atoms with Gasteiger partial charge in [0.15, 0.2) is 0 Å². The Balaban J connectivity index is 2.20. The molecule has 0 aromatic rings. The number of carboxylic acid groups (broad SMARTS) is 1. The Morgan fingerprint density at radius 1 is 1.39 bits per heavy atom. The lowest BCUT2D eigenvalue weighted by atomic mass is 10.1. The summed E-state index contributed by atoms with van der Waals surface area (Å²) in [5.74, 6) is -1.16. The number of hydrogen-bond acceptors (Lipinski definition) is 4. The van der Waals surface area contributed by atoms with E-state index in [1.54, 1.807) is 6.92 Å². The van der Waals surface area contributed by atoms with Gasteiger partial charge in [-0.25, -0.2) is 0 Å². The number of likely N-dealkylation sites (N-methyl/N-ethyl adjacent to an activating group) is 1. The molecule has 0 spiro atoms. The third-order valence-corrected chi connectivity index (χ3v) is 2.90. The van der Waals surface area contributed by atoms with Gasteiger partial charge in [-0.15, -0.1) is 0 Å². The smallest absolute Gasteiger partial charge is 0.323 e. The lowest BCUT2D eigenvalue weighted by Gasteiger charge is -2.23. The molecule has 1 fully saturated rings. The van der Waals surface area contributed by atoms with E-state index in [1.165, 1.54) is 4.90 Å². The Morgan fingerprint density at radius 3 is 2.61 bits per heavy atom. The number of carbonyl (C=O) groups is 2. The molecule has 1 saturated heterocycles. The molecule has 0 unspecified atom stereocenters. The van der Waals surface area contributed by atoms with Gasteiger partial charge in [-0.3, -0.25) is 9.59 Å². The Hall–Kier alpha value is -1.14. The van der Waals surface area contributed by atoms with E-state index >= 15 is 0 Å². The topological polar surface area (TPSA) is 76.1 Å². The summed E-state index contributed by atoms with van der Waals surface area (Å²) in [6.45, 7) is 3.69. The highest BCUT2D eigenvalue weighted by molar-refractivity contribution is 5.81. The summed E-state index contributed by atoms with van der Waals surface area (Å²) in [7, 11) is 0. The minimum Gasteiger partial charge on any atom is -0.480 e. The minimum absolute atomic E-state index is 0.168. The maximum Gasteiger partial charge on any atom is 0.323 e. The van der Waals surface area contributed by atoms with Crippen molar-refractivity contribution in [1.29, 1.82) is 0 Å². The monoisotopic (exact) mass is 259 g/mol. The first-order valence-corrected chi connectivity index (χ1v) is 6.32. The summed E-state index contributed by atoms with van der Waals surface area (Å²) in [6, 6.07) is 0. The number of aliphatic carboxylic acids is 1. The molecular formula is C12H21NO5. The number of rotatable bonds is 7. The van der Waals surface area contributed by atoms with Crippen molar-refractivity contribution in [2.24, 2.45) is 0 Å². The van der Waals surface area contributed by atoms with Crippen LogP contribution in [0.2, 0.25) is 0 Å². The van der Waals surface area contributed by atoms with E-state index in [0.717, 1.165) is 12.8 Å². The molecule has 0 saturated carbocycles. The summed E-state index contributed by atoms with van der Waals surface area (Å²) in [6.07, 6.45) is 2.13. The average molecular weight is 259 g/mol. The maximum absolute atomic E-state index is 11.7. The lowest BCUT2D eigenvalue weighted by Crippen LogP contribution is -2.36. The van der Waals surface area contributed by atoms with E-state index < -0.39 is 5.97 Å². The predicted octanol–water partition coefficient (Wildman–Crippen LogP) is 0.505. The Morgan fingerprint density at radius 2 is 2.06 bits per heavy atom. The number of carbonyl (C=O) groups excluding carboxylic acids is 1. The van der Waals surface area contributed by atoms with Crippen LogP contribution in [0.1, 0.15) is 26.2 Å². The van der Waals surface area contributed by atoms with Gasteiger partial charge in [-0.2, -0.15) is 0 Å². The first kappa shape index (κ1) is 14.9. The van der Waals surface area contributed by atoms with Gasteiger partial charge in [-0.05, 0) is 19.8 Å². The van der Waals surface area contributed by atoms with Crippen LogP contribution >= 0.6 is 0 Å². The second-order valence-electron chi connectivity index (χ2n) is 4.23. The largest absolute Gasteiger partial charge is 0.480 e. The van der Waals surface area contributed by atoms with Crippen LogP contribution in [0.5, 0.6) is 0 Å². The number of amides is 1. The van der Waals surface area contributed by atoms with Crippen molar-refractivity contribution in [2.75, 3.05) is 32.9 Å². The van der Waals surface area contributed by atoms with Crippen molar-refractivity contribution < 1.29 is 24.2 Å². The number of nitrogens with zero attached hydrogens (tertiary/aromatic N) is 1. The van der Waals surface area contributed by atoms with Crippen molar-refractivity contribution in [3.05, 3.63) is 0 Å². The Labute approximate surface area is 107 Å². The number of ether oxygens (including phenoxy) is 2. The van der Waals surface area contributed by atoms with Crippen LogP contribution in [0.3, 0.4) is 0 Å². The summed E-state index contributed by atoms with van der Waals surface area (Å²) in [4.78, 5) is 23.6. The lowest BCUT2D eigenvalue weighted by molar-refractivity contribution is -0.145. The van der Waals surface area contributed by atoms with E-state index in [2.05, 4.69) is 0 Å². The molecule has 6 heteroatoms. The van der Waals surface area contributed by atoms with Gasteiger partial charge in [0.2, 0.25) is 5.91 Å². The predicted molar refractivity (Wildman–Crippen MR) is 64.3 cm³/mol. The van der Waals surface area contributed by atoms with Gasteiger partial charge in [0.1, 0.15) is 6.54 Å². The molecule has 0 bridgehead atoms. The molecule has 1 rings (SSSR count). The third kappa shape index (κ3) is 5.46. The SMILES string of the molecule is CCN(CC(=O)O)C(=O)CCOC1CCOCC1. The van der Waals surface area contributed by atoms with E-state index in [9.17, 15) is 9.59 Å². The highest BCUT2D eigenvalue weighted by Gasteiger charge is 2.17. The highest BCUT2D eigenvalue weighted by Crippen LogP contribution is 2.10. The molecule has 0 atom stereocenters. The zero-order valence-electron chi connectivity index (χ0n) is 10.8. The maximum atomic E-state index is 11.7. The minimum atomic E-state index is -0.990. The number of hydrogen-bond donors (Lipinski definition) is 1. The van der Waals surface area contributed by atoms with Crippen molar-refractivity contribution in [1.82, 2.24) is 4.90 Å². The van der Waals surface area contributed by atoms with E-state index in [-0.39, 0.29) is 25.0 Å². The molecule has 0 aliphatic carbocycles. The van der Waals surface area contributed by atoms with Crippen molar-refractivity contribution in [3.8, 4) is 0 Å². The van der Waals surface area contributed by atoms with Gasteiger partial charge in [0, 0.05) is 19.8 Å². The van der Waals surface area contributed by atoms with Gasteiger partial charge >= 0.3 is 5.97 Å². The summed E-state index contributed by atoms with van der Waals surface area (Å²) < 4.78 is 10.8. The zero-order valence-corrected chi connectivity index (χ0v) is 10.8. The second kappa shape index (κ2) is 8.05. The van der Waals surface area contributed by atoms with Crippen LogP contribution in [-0.2, 0) is 19.1 Å². The van der Waals surface area contributed by atoms with E-state index in [4.69, 9.17) is 14.6 Å². The summed E-state index contributed by atoms with van der Waals surface area (Å²) in [5, 5.41) is 8.65. The van der Waals surface area contributed by atoms with Crippen LogP contribution in [0.4, 0.5) is 0 Å². The van der Waals surface area contributed by atoms with Gasteiger partial charge in [-0.1, -0.05) is 0 Å². The molecule has 104 valence electrons. The van der Waals surface area contributed by atoms with Gasteiger partial charge in [0.05, 0.1) is 19.1 Å². The van der Waals surface area contributed by atoms with Crippen LogP contribution in [0, 0.1) is 0 Å². The molecule has 1 aliphatic rings. The van der Waals surface area contributed by atoms with Crippen molar-refractivity contribution in [3.63, 3.8) is 0 Å². The van der Waals surface area contributed by atoms with E-state index in [1.807, 2.05) is 0 Å².